The smallest absolute Gasteiger partial charge is 0.406 e. The van der Waals surface area contributed by atoms with Gasteiger partial charge in [-0.2, -0.15) is 0 Å². The molecule has 0 aliphatic carbocycles. The molecule has 3 nitrogen and oxygen atoms in total. The Hall–Kier alpha value is -1.06. The minimum atomic E-state index is -4.72. The molecule has 1 fully saturated rings. The summed E-state index contributed by atoms with van der Waals surface area (Å²) in [6.07, 6.45) is -4.72. The van der Waals surface area contributed by atoms with Crippen LogP contribution in [-0.2, 0) is 0 Å². The summed E-state index contributed by atoms with van der Waals surface area (Å²) >= 11 is 3.41. The predicted molar refractivity (Wildman–Crippen MR) is 108 cm³/mol. The summed E-state index contributed by atoms with van der Waals surface area (Å²) < 4.78 is 55.2. The quantitative estimate of drug-likeness (QED) is 0.569. The number of ether oxygens (including phenoxy) is 1. The first kappa shape index (κ1) is 25.0. The first-order valence-corrected chi connectivity index (χ1v) is 8.88. The second kappa shape index (κ2) is 10.6. The summed E-state index contributed by atoms with van der Waals surface area (Å²) in [6.45, 7) is 3.17. The van der Waals surface area contributed by atoms with E-state index in [-0.39, 0.29) is 42.4 Å². The van der Waals surface area contributed by atoms with Crippen molar-refractivity contribution in [2.24, 2.45) is 0 Å². The fourth-order valence-corrected chi connectivity index (χ4v) is 3.67. The standard InChI is InChI=1S/C18H17BrF4N2O.2ClH/c19-16-11-13(20)3-6-15(16)17(25-9-7-24-8-10-25)12-1-4-14(5-2-12)26-18(21,22)23;;/h1-6,11,17,24H,7-10H2;2*1H/t17-;;/m1../s1. The van der Waals surface area contributed by atoms with E-state index < -0.39 is 6.36 Å². The molecular weight excluding hydrogens is 487 g/mol. The van der Waals surface area contributed by atoms with Gasteiger partial charge in [-0.25, -0.2) is 4.39 Å². The molecule has 28 heavy (non-hydrogen) atoms. The highest BCUT2D eigenvalue weighted by Crippen LogP contribution is 2.35. The van der Waals surface area contributed by atoms with Crippen LogP contribution >= 0.6 is 40.7 Å². The molecule has 2 aromatic carbocycles. The van der Waals surface area contributed by atoms with Crippen LogP contribution in [0.5, 0.6) is 5.75 Å². The molecule has 0 saturated carbocycles. The summed E-state index contributed by atoms with van der Waals surface area (Å²) in [7, 11) is 0. The van der Waals surface area contributed by atoms with E-state index >= 15 is 0 Å². The molecule has 0 aromatic heterocycles. The van der Waals surface area contributed by atoms with Gasteiger partial charge in [0.15, 0.2) is 0 Å². The molecule has 10 heteroatoms. The van der Waals surface area contributed by atoms with E-state index in [1.165, 1.54) is 24.3 Å². The van der Waals surface area contributed by atoms with Crippen LogP contribution in [0.4, 0.5) is 17.6 Å². The summed E-state index contributed by atoms with van der Waals surface area (Å²) in [5.41, 5.74) is 1.67. The van der Waals surface area contributed by atoms with Gasteiger partial charge in [0.25, 0.3) is 0 Å². The zero-order valence-electron chi connectivity index (χ0n) is 14.5. The Labute approximate surface area is 181 Å². The van der Waals surface area contributed by atoms with E-state index in [0.717, 1.165) is 37.3 Å². The molecule has 2 aromatic rings. The molecule has 1 aliphatic heterocycles. The molecule has 156 valence electrons. The fraction of sp³-hybridized carbons (Fsp3) is 0.333. The molecular formula is C18H19BrCl2F4N2O. The van der Waals surface area contributed by atoms with Gasteiger partial charge in [0.1, 0.15) is 11.6 Å². The fourth-order valence-electron chi connectivity index (χ4n) is 3.10. The van der Waals surface area contributed by atoms with Gasteiger partial charge < -0.3 is 10.1 Å². The Kier molecular flexibility index (Phi) is 9.49. The molecule has 0 unspecified atom stereocenters. The molecule has 1 saturated heterocycles. The first-order chi connectivity index (χ1) is 12.3. The third-order valence-corrected chi connectivity index (χ3v) is 4.89. The minimum absolute atomic E-state index is 0. The van der Waals surface area contributed by atoms with Crippen molar-refractivity contribution in [3.05, 3.63) is 63.9 Å². The van der Waals surface area contributed by atoms with Crippen LogP contribution in [-0.4, -0.2) is 37.4 Å². The molecule has 0 radical (unpaired) electrons. The van der Waals surface area contributed by atoms with Gasteiger partial charge in [0, 0.05) is 30.7 Å². The predicted octanol–water partition coefficient (Wildman–Crippen LogP) is 5.33. The average Bonchev–Trinajstić information content (AvgIpc) is 2.58. The van der Waals surface area contributed by atoms with Crippen LogP contribution in [0.25, 0.3) is 0 Å². The summed E-state index contributed by atoms with van der Waals surface area (Å²) in [6, 6.07) is 10.1. The maximum Gasteiger partial charge on any atom is 0.573 e. The first-order valence-electron chi connectivity index (χ1n) is 8.09. The number of hydrogen-bond donors (Lipinski definition) is 1. The van der Waals surface area contributed by atoms with Crippen molar-refractivity contribution in [1.82, 2.24) is 10.2 Å². The zero-order valence-corrected chi connectivity index (χ0v) is 17.7. The maximum atomic E-state index is 13.5. The number of halogens is 7. The van der Waals surface area contributed by atoms with Crippen LogP contribution in [0, 0.1) is 5.82 Å². The van der Waals surface area contributed by atoms with E-state index in [2.05, 4.69) is 30.9 Å². The monoisotopic (exact) mass is 504 g/mol. The van der Waals surface area contributed by atoms with E-state index in [1.807, 2.05) is 0 Å². The third kappa shape index (κ3) is 6.49. The lowest BCUT2D eigenvalue weighted by atomic mass is 9.96. The van der Waals surface area contributed by atoms with E-state index in [4.69, 9.17) is 0 Å². The topological polar surface area (TPSA) is 24.5 Å². The number of piperazine rings is 1. The van der Waals surface area contributed by atoms with Gasteiger partial charge in [-0.1, -0.05) is 34.1 Å². The summed E-state index contributed by atoms with van der Waals surface area (Å²) in [5.74, 6) is -0.618. The van der Waals surface area contributed by atoms with Crippen LogP contribution in [0.3, 0.4) is 0 Å². The number of hydrogen-bond acceptors (Lipinski definition) is 3. The molecule has 0 bridgehead atoms. The zero-order chi connectivity index (χ0) is 18.7. The molecule has 1 atom stereocenters. The molecule has 0 amide bonds. The highest BCUT2D eigenvalue weighted by atomic mass is 79.9. The van der Waals surface area contributed by atoms with Gasteiger partial charge >= 0.3 is 6.36 Å². The average molecular weight is 506 g/mol. The van der Waals surface area contributed by atoms with Crippen molar-refractivity contribution in [2.45, 2.75) is 12.4 Å². The highest BCUT2D eigenvalue weighted by molar-refractivity contribution is 9.10. The number of nitrogens with zero attached hydrogens (tertiary/aromatic N) is 1. The Morgan fingerprint density at radius 1 is 1.00 bits per heavy atom. The summed E-state index contributed by atoms with van der Waals surface area (Å²) in [5, 5.41) is 3.27. The van der Waals surface area contributed by atoms with Gasteiger partial charge in [0.05, 0.1) is 6.04 Å². The van der Waals surface area contributed by atoms with Crippen LogP contribution in [0.15, 0.2) is 46.9 Å². The maximum absolute atomic E-state index is 13.5. The van der Waals surface area contributed by atoms with E-state index in [1.54, 1.807) is 18.2 Å². The Morgan fingerprint density at radius 2 is 1.61 bits per heavy atom. The Balaban J connectivity index is 0.00000196. The summed E-state index contributed by atoms with van der Waals surface area (Å²) in [4.78, 5) is 2.22. The molecule has 1 N–H and O–H groups in total. The van der Waals surface area contributed by atoms with Crippen molar-refractivity contribution >= 4 is 40.7 Å². The largest absolute Gasteiger partial charge is 0.573 e. The molecule has 1 heterocycles. The van der Waals surface area contributed by atoms with Crippen molar-refractivity contribution < 1.29 is 22.3 Å². The van der Waals surface area contributed by atoms with Crippen molar-refractivity contribution in [3.8, 4) is 5.75 Å². The lowest BCUT2D eigenvalue weighted by Gasteiger charge is -2.36. The second-order valence-electron chi connectivity index (χ2n) is 5.97. The normalized spacial score (nSPS) is 15.9. The molecule has 1 aliphatic rings. The molecule has 0 spiro atoms. The van der Waals surface area contributed by atoms with Gasteiger partial charge in [-0.3, -0.25) is 4.90 Å². The van der Waals surface area contributed by atoms with Gasteiger partial charge in [-0.05, 0) is 35.4 Å². The second-order valence-corrected chi connectivity index (χ2v) is 6.83. The Bertz CT molecular complexity index is 756. The highest BCUT2D eigenvalue weighted by Gasteiger charge is 2.31. The van der Waals surface area contributed by atoms with E-state index in [9.17, 15) is 17.6 Å². The van der Waals surface area contributed by atoms with Crippen LogP contribution in [0.1, 0.15) is 17.2 Å². The van der Waals surface area contributed by atoms with Crippen LogP contribution in [0.2, 0.25) is 0 Å². The minimum Gasteiger partial charge on any atom is -0.406 e. The lowest BCUT2D eigenvalue weighted by Crippen LogP contribution is -2.45. The van der Waals surface area contributed by atoms with Gasteiger partial charge in [0.2, 0.25) is 0 Å². The number of alkyl halides is 3. The van der Waals surface area contributed by atoms with E-state index in [0.29, 0.717) is 4.47 Å². The molecule has 3 rings (SSSR count). The third-order valence-electron chi connectivity index (χ3n) is 4.20. The van der Waals surface area contributed by atoms with Crippen LogP contribution < -0.4 is 10.1 Å². The number of benzene rings is 2. The van der Waals surface area contributed by atoms with Crippen molar-refractivity contribution in [1.29, 1.82) is 0 Å². The lowest BCUT2D eigenvalue weighted by molar-refractivity contribution is -0.274. The SMILES string of the molecule is Cl.Cl.Fc1ccc([C@@H](c2ccc(OC(F)(F)F)cc2)N2CCNCC2)c(Br)c1. The van der Waals surface area contributed by atoms with Crippen molar-refractivity contribution in [3.63, 3.8) is 0 Å². The number of rotatable bonds is 4. The van der Waals surface area contributed by atoms with Crippen molar-refractivity contribution in [2.75, 3.05) is 26.2 Å². The Morgan fingerprint density at radius 3 is 2.14 bits per heavy atom. The van der Waals surface area contributed by atoms with Gasteiger partial charge in [-0.15, -0.1) is 38.0 Å². The number of nitrogens with one attached hydrogen (secondary N) is 1.